The molecule has 3 rings (SSSR count). The highest BCUT2D eigenvalue weighted by Gasteiger charge is 2.29. The van der Waals surface area contributed by atoms with E-state index in [2.05, 4.69) is 0 Å². The molecule has 0 unspecified atom stereocenters. The van der Waals surface area contributed by atoms with Crippen LogP contribution in [0.5, 0.6) is 11.5 Å². The Hall–Kier alpha value is -2.05. The van der Waals surface area contributed by atoms with Gasteiger partial charge in [0.15, 0.2) is 0 Å². The number of aryl methyl sites for hydroxylation is 1. The minimum Gasteiger partial charge on any atom is -0.497 e. The average molecular weight is 347 g/mol. The van der Waals surface area contributed by atoms with Crippen molar-refractivity contribution in [3.8, 4) is 11.5 Å². The molecule has 5 nitrogen and oxygen atoms in total. The molecule has 0 N–H and O–H groups in total. The van der Waals surface area contributed by atoms with Gasteiger partial charge in [0, 0.05) is 13.1 Å². The maximum Gasteiger partial charge on any atom is 0.243 e. The first kappa shape index (κ1) is 16.8. The highest BCUT2D eigenvalue weighted by molar-refractivity contribution is 7.89. The van der Waals surface area contributed by atoms with Gasteiger partial charge in [0.05, 0.1) is 19.1 Å². The van der Waals surface area contributed by atoms with E-state index in [4.69, 9.17) is 9.47 Å². The fourth-order valence-corrected chi connectivity index (χ4v) is 4.64. The van der Waals surface area contributed by atoms with Gasteiger partial charge in [0.1, 0.15) is 11.5 Å². The number of rotatable bonds is 4. The van der Waals surface area contributed by atoms with Crippen molar-refractivity contribution >= 4 is 10.0 Å². The SMILES string of the molecule is COc1ccc(S(=O)(=O)N2CCc3cc(OC)ccc3C2)c(C)c1. The van der Waals surface area contributed by atoms with Crippen molar-refractivity contribution in [3.05, 3.63) is 53.1 Å². The first-order valence-corrected chi connectivity index (χ1v) is 9.20. The van der Waals surface area contributed by atoms with Gasteiger partial charge >= 0.3 is 0 Å². The summed E-state index contributed by atoms with van der Waals surface area (Å²) < 4.78 is 37.9. The number of hydrogen-bond donors (Lipinski definition) is 0. The predicted octanol–water partition coefficient (Wildman–Crippen LogP) is 2.76. The predicted molar refractivity (Wildman–Crippen MR) is 92.0 cm³/mol. The summed E-state index contributed by atoms with van der Waals surface area (Å²) in [6.07, 6.45) is 0.682. The number of benzene rings is 2. The number of fused-ring (bicyclic) bond motifs is 1. The maximum atomic E-state index is 13.0. The van der Waals surface area contributed by atoms with Gasteiger partial charge in [0.2, 0.25) is 10.0 Å². The second kappa shape index (κ2) is 6.45. The highest BCUT2D eigenvalue weighted by atomic mass is 32.2. The Morgan fingerprint density at radius 1 is 0.958 bits per heavy atom. The number of hydrogen-bond acceptors (Lipinski definition) is 4. The van der Waals surface area contributed by atoms with Crippen LogP contribution in [0.15, 0.2) is 41.3 Å². The van der Waals surface area contributed by atoms with Gasteiger partial charge in [0.25, 0.3) is 0 Å². The highest BCUT2D eigenvalue weighted by Crippen LogP contribution is 2.29. The van der Waals surface area contributed by atoms with Crippen molar-refractivity contribution in [1.82, 2.24) is 4.31 Å². The molecule has 1 heterocycles. The number of methoxy groups -OCH3 is 2. The van der Waals surface area contributed by atoms with Crippen LogP contribution in [0.1, 0.15) is 16.7 Å². The molecule has 0 saturated carbocycles. The quantitative estimate of drug-likeness (QED) is 0.853. The Balaban J connectivity index is 1.91. The molecule has 0 radical (unpaired) electrons. The lowest BCUT2D eigenvalue weighted by molar-refractivity contribution is 0.386. The van der Waals surface area contributed by atoms with Crippen molar-refractivity contribution < 1.29 is 17.9 Å². The monoisotopic (exact) mass is 347 g/mol. The lowest BCUT2D eigenvalue weighted by Gasteiger charge is -2.29. The Morgan fingerprint density at radius 2 is 1.62 bits per heavy atom. The Kier molecular flexibility index (Phi) is 4.51. The zero-order valence-corrected chi connectivity index (χ0v) is 14.9. The van der Waals surface area contributed by atoms with Gasteiger partial charge in [-0.3, -0.25) is 0 Å². The second-order valence-corrected chi connectivity index (χ2v) is 7.76. The summed E-state index contributed by atoms with van der Waals surface area (Å²) in [5.41, 5.74) is 2.86. The largest absolute Gasteiger partial charge is 0.497 e. The van der Waals surface area contributed by atoms with Gasteiger partial charge in [-0.05, 0) is 60.4 Å². The third kappa shape index (κ3) is 2.99. The van der Waals surface area contributed by atoms with E-state index >= 15 is 0 Å². The number of ether oxygens (including phenoxy) is 2. The fraction of sp³-hybridized carbons (Fsp3) is 0.333. The summed E-state index contributed by atoms with van der Waals surface area (Å²) in [7, 11) is -0.329. The molecule has 0 aliphatic carbocycles. The Bertz CT molecular complexity index is 861. The van der Waals surface area contributed by atoms with Crippen molar-refractivity contribution in [2.45, 2.75) is 24.8 Å². The third-order valence-corrected chi connectivity index (χ3v) is 6.40. The summed E-state index contributed by atoms with van der Waals surface area (Å²) in [5.74, 6) is 1.46. The summed E-state index contributed by atoms with van der Waals surface area (Å²) in [6.45, 7) is 2.64. The molecule has 0 amide bonds. The summed E-state index contributed by atoms with van der Waals surface area (Å²) in [6, 6.07) is 10.8. The van der Waals surface area contributed by atoms with Gasteiger partial charge in [-0.25, -0.2) is 8.42 Å². The molecule has 24 heavy (non-hydrogen) atoms. The molecule has 0 bridgehead atoms. The molecule has 0 aromatic heterocycles. The van der Waals surface area contributed by atoms with Crippen molar-refractivity contribution in [1.29, 1.82) is 0 Å². The van der Waals surface area contributed by atoms with Crippen LogP contribution >= 0.6 is 0 Å². The van der Waals surface area contributed by atoms with Crippen LogP contribution in [0.3, 0.4) is 0 Å². The van der Waals surface area contributed by atoms with Crippen LogP contribution in [0.2, 0.25) is 0 Å². The smallest absolute Gasteiger partial charge is 0.243 e. The molecule has 1 aliphatic heterocycles. The lowest BCUT2D eigenvalue weighted by Crippen LogP contribution is -2.36. The molecule has 128 valence electrons. The van der Waals surface area contributed by atoms with Gasteiger partial charge in [-0.1, -0.05) is 6.07 Å². The summed E-state index contributed by atoms with van der Waals surface area (Å²) >= 11 is 0. The fourth-order valence-electron chi connectivity index (χ4n) is 3.01. The van der Waals surface area contributed by atoms with Gasteiger partial charge in [-0.15, -0.1) is 0 Å². The maximum absolute atomic E-state index is 13.0. The van der Waals surface area contributed by atoms with E-state index in [1.165, 1.54) is 4.31 Å². The van der Waals surface area contributed by atoms with E-state index in [9.17, 15) is 8.42 Å². The summed E-state index contributed by atoms with van der Waals surface area (Å²) in [5, 5.41) is 0. The molecule has 0 atom stereocenters. The number of nitrogens with zero attached hydrogens (tertiary/aromatic N) is 1. The van der Waals surface area contributed by atoms with Crippen LogP contribution in [0.25, 0.3) is 0 Å². The normalized spacial score (nSPS) is 15.0. The van der Waals surface area contributed by atoms with Crippen molar-refractivity contribution in [3.63, 3.8) is 0 Å². The third-order valence-electron chi connectivity index (χ3n) is 4.39. The minimum atomic E-state index is -3.53. The van der Waals surface area contributed by atoms with E-state index in [-0.39, 0.29) is 0 Å². The van der Waals surface area contributed by atoms with E-state index in [1.54, 1.807) is 39.3 Å². The first-order valence-electron chi connectivity index (χ1n) is 7.76. The molecule has 2 aromatic carbocycles. The molecular formula is C18H21NO4S. The standard InChI is InChI=1S/C18H21NO4S/c1-13-10-16(22-2)6-7-18(13)24(20,21)19-9-8-14-11-17(23-3)5-4-15(14)12-19/h4-7,10-11H,8-9,12H2,1-3H3. The van der Waals surface area contributed by atoms with Crippen LogP contribution in [0, 0.1) is 6.92 Å². The van der Waals surface area contributed by atoms with Crippen LogP contribution < -0.4 is 9.47 Å². The molecule has 2 aromatic rings. The molecule has 0 saturated heterocycles. The Morgan fingerprint density at radius 3 is 2.29 bits per heavy atom. The van der Waals surface area contributed by atoms with E-state index in [0.717, 1.165) is 16.9 Å². The van der Waals surface area contributed by atoms with Crippen LogP contribution in [0.4, 0.5) is 0 Å². The first-order chi connectivity index (χ1) is 11.5. The zero-order valence-electron chi connectivity index (χ0n) is 14.1. The van der Waals surface area contributed by atoms with Crippen LogP contribution in [-0.4, -0.2) is 33.5 Å². The lowest BCUT2D eigenvalue weighted by atomic mass is 10.0. The second-order valence-electron chi connectivity index (χ2n) is 5.85. The van der Waals surface area contributed by atoms with Crippen LogP contribution in [-0.2, 0) is 23.0 Å². The van der Waals surface area contributed by atoms with Crippen molar-refractivity contribution in [2.75, 3.05) is 20.8 Å². The van der Waals surface area contributed by atoms with Gasteiger partial charge < -0.3 is 9.47 Å². The van der Waals surface area contributed by atoms with E-state index < -0.39 is 10.0 Å². The molecule has 6 heteroatoms. The van der Waals surface area contributed by atoms with Crippen molar-refractivity contribution in [2.24, 2.45) is 0 Å². The molecular weight excluding hydrogens is 326 g/mol. The minimum absolute atomic E-state index is 0.334. The number of sulfonamides is 1. The molecule has 0 spiro atoms. The Labute approximate surface area is 142 Å². The topological polar surface area (TPSA) is 55.8 Å². The average Bonchev–Trinajstić information content (AvgIpc) is 2.60. The summed E-state index contributed by atoms with van der Waals surface area (Å²) in [4.78, 5) is 0.334. The zero-order chi connectivity index (χ0) is 17.3. The molecule has 1 aliphatic rings. The van der Waals surface area contributed by atoms with E-state index in [0.29, 0.717) is 35.7 Å². The van der Waals surface area contributed by atoms with E-state index in [1.807, 2.05) is 18.2 Å². The molecule has 0 fully saturated rings. The van der Waals surface area contributed by atoms with Gasteiger partial charge in [-0.2, -0.15) is 4.31 Å².